The maximum absolute atomic E-state index is 6.30. The second-order valence-electron chi connectivity index (χ2n) is 4.33. The monoisotopic (exact) mass is 259 g/mol. The lowest BCUT2D eigenvalue weighted by atomic mass is 10.0. The molecule has 0 fully saturated rings. The lowest BCUT2D eigenvalue weighted by Gasteiger charge is -2.12. The normalized spacial score (nSPS) is 14.1. The van der Waals surface area contributed by atoms with Crippen LogP contribution in [0.25, 0.3) is 11.1 Å². The molecule has 2 nitrogen and oxygen atoms in total. The summed E-state index contributed by atoms with van der Waals surface area (Å²) in [7, 11) is 0. The minimum Gasteiger partial charge on any atom is -0.490 e. The van der Waals surface area contributed by atoms with Gasteiger partial charge in [0.1, 0.15) is 0 Å². The van der Waals surface area contributed by atoms with E-state index in [1.165, 1.54) is 0 Å². The van der Waals surface area contributed by atoms with Gasteiger partial charge in [-0.15, -0.1) is 0 Å². The number of fused-ring (bicyclic) bond motifs is 1. The predicted molar refractivity (Wildman–Crippen MR) is 75.5 cm³/mol. The fourth-order valence-corrected chi connectivity index (χ4v) is 2.41. The summed E-state index contributed by atoms with van der Waals surface area (Å²) in [5.74, 6) is 0.772. The van der Waals surface area contributed by atoms with Crippen LogP contribution in [0, 0.1) is 0 Å². The first-order chi connectivity index (χ1) is 8.84. The smallest absolute Gasteiger partial charge is 0.160 e. The Morgan fingerprint density at radius 3 is 2.72 bits per heavy atom. The van der Waals surface area contributed by atoms with E-state index in [0.717, 1.165) is 35.5 Å². The number of hydrogen-bond acceptors (Lipinski definition) is 2. The van der Waals surface area contributed by atoms with E-state index in [-0.39, 0.29) is 0 Å². The first-order valence-electron chi connectivity index (χ1n) is 6.10. The summed E-state index contributed by atoms with van der Waals surface area (Å²) in [6.07, 6.45) is 0.992. The average molecular weight is 260 g/mol. The highest BCUT2D eigenvalue weighted by Gasteiger charge is 2.14. The summed E-state index contributed by atoms with van der Waals surface area (Å²) in [6.45, 7) is 1.63. The molecule has 1 N–H and O–H groups in total. The highest BCUT2D eigenvalue weighted by Crippen LogP contribution is 2.38. The maximum atomic E-state index is 6.30. The van der Waals surface area contributed by atoms with Gasteiger partial charge in [-0.25, -0.2) is 0 Å². The van der Waals surface area contributed by atoms with Crippen molar-refractivity contribution in [2.75, 3.05) is 18.5 Å². The van der Waals surface area contributed by atoms with Crippen molar-refractivity contribution in [1.82, 2.24) is 0 Å². The second kappa shape index (κ2) is 4.91. The van der Waals surface area contributed by atoms with Crippen LogP contribution < -0.4 is 10.1 Å². The number of anilines is 1. The molecule has 3 rings (SSSR count). The standard InChI is InChI=1S/C15H14ClNO/c16-13-9-12(11-5-2-1-3-6-11)10-14-15(13)18-8-4-7-17-14/h1-3,5-6,9-10,17H,4,7-8H2. The molecular weight excluding hydrogens is 246 g/mol. The van der Waals surface area contributed by atoms with Gasteiger partial charge < -0.3 is 10.1 Å². The lowest BCUT2D eigenvalue weighted by Crippen LogP contribution is -2.00. The molecule has 0 amide bonds. The van der Waals surface area contributed by atoms with Gasteiger partial charge in [0.05, 0.1) is 17.3 Å². The van der Waals surface area contributed by atoms with Gasteiger partial charge in [0, 0.05) is 6.54 Å². The molecule has 0 aromatic heterocycles. The van der Waals surface area contributed by atoms with E-state index >= 15 is 0 Å². The first kappa shape index (κ1) is 11.4. The molecule has 1 heterocycles. The molecule has 2 aromatic carbocycles. The van der Waals surface area contributed by atoms with Crippen LogP contribution in [0.1, 0.15) is 6.42 Å². The third kappa shape index (κ3) is 2.16. The fourth-order valence-electron chi connectivity index (χ4n) is 2.14. The molecule has 1 aliphatic rings. The Bertz CT molecular complexity index is 554. The van der Waals surface area contributed by atoms with Crippen molar-refractivity contribution in [1.29, 1.82) is 0 Å². The average Bonchev–Trinajstić information content (AvgIpc) is 2.65. The Morgan fingerprint density at radius 1 is 1.06 bits per heavy atom. The van der Waals surface area contributed by atoms with Crippen LogP contribution in [0.4, 0.5) is 5.69 Å². The van der Waals surface area contributed by atoms with Crippen LogP contribution in [-0.4, -0.2) is 13.2 Å². The molecule has 0 unspecified atom stereocenters. The fraction of sp³-hybridized carbons (Fsp3) is 0.200. The van der Waals surface area contributed by atoms with E-state index in [1.807, 2.05) is 24.3 Å². The molecule has 1 aliphatic heterocycles. The molecule has 0 radical (unpaired) electrons. The van der Waals surface area contributed by atoms with Crippen LogP contribution in [0.3, 0.4) is 0 Å². The summed E-state index contributed by atoms with van der Waals surface area (Å²) in [5.41, 5.74) is 3.25. The molecular formula is C15H14ClNO. The zero-order valence-electron chi connectivity index (χ0n) is 9.95. The first-order valence-corrected chi connectivity index (χ1v) is 6.48. The number of hydrogen-bond donors (Lipinski definition) is 1. The number of halogens is 1. The maximum Gasteiger partial charge on any atom is 0.160 e. The quantitative estimate of drug-likeness (QED) is 0.829. The van der Waals surface area contributed by atoms with E-state index < -0.39 is 0 Å². The van der Waals surface area contributed by atoms with Gasteiger partial charge in [0.25, 0.3) is 0 Å². The topological polar surface area (TPSA) is 21.3 Å². The van der Waals surface area contributed by atoms with Crippen LogP contribution in [0.5, 0.6) is 5.75 Å². The number of ether oxygens (including phenoxy) is 1. The van der Waals surface area contributed by atoms with E-state index in [0.29, 0.717) is 11.6 Å². The van der Waals surface area contributed by atoms with Crippen molar-refractivity contribution < 1.29 is 4.74 Å². The van der Waals surface area contributed by atoms with E-state index in [2.05, 4.69) is 23.5 Å². The van der Waals surface area contributed by atoms with E-state index in [9.17, 15) is 0 Å². The molecule has 0 atom stereocenters. The number of nitrogens with one attached hydrogen (secondary N) is 1. The largest absolute Gasteiger partial charge is 0.490 e. The molecule has 2 aromatic rings. The Hall–Kier alpha value is -1.67. The third-order valence-electron chi connectivity index (χ3n) is 3.03. The third-order valence-corrected chi connectivity index (χ3v) is 3.31. The van der Waals surface area contributed by atoms with Crippen LogP contribution in [0.2, 0.25) is 5.02 Å². The van der Waals surface area contributed by atoms with Crippen molar-refractivity contribution in [3.63, 3.8) is 0 Å². The van der Waals surface area contributed by atoms with Gasteiger partial charge >= 0.3 is 0 Å². The summed E-state index contributed by atoms with van der Waals surface area (Å²) in [6, 6.07) is 14.3. The van der Waals surface area contributed by atoms with Gasteiger partial charge in [-0.05, 0) is 29.7 Å². The van der Waals surface area contributed by atoms with Crippen molar-refractivity contribution in [2.45, 2.75) is 6.42 Å². The summed E-state index contributed by atoms with van der Waals surface area (Å²) < 4.78 is 5.68. The molecule has 3 heteroatoms. The predicted octanol–water partition coefficient (Wildman–Crippen LogP) is 4.20. The lowest BCUT2D eigenvalue weighted by molar-refractivity contribution is 0.323. The van der Waals surface area contributed by atoms with Crippen molar-refractivity contribution in [3.05, 3.63) is 47.5 Å². The minimum atomic E-state index is 0.667. The highest BCUT2D eigenvalue weighted by atomic mass is 35.5. The minimum absolute atomic E-state index is 0.667. The summed E-state index contributed by atoms with van der Waals surface area (Å²) >= 11 is 6.30. The second-order valence-corrected chi connectivity index (χ2v) is 4.74. The summed E-state index contributed by atoms with van der Waals surface area (Å²) in [4.78, 5) is 0. The van der Waals surface area contributed by atoms with Crippen LogP contribution in [0.15, 0.2) is 42.5 Å². The molecule has 0 saturated carbocycles. The Balaban J connectivity index is 2.08. The molecule has 18 heavy (non-hydrogen) atoms. The van der Waals surface area contributed by atoms with Crippen LogP contribution in [-0.2, 0) is 0 Å². The Morgan fingerprint density at radius 2 is 1.89 bits per heavy atom. The number of rotatable bonds is 1. The van der Waals surface area contributed by atoms with Gasteiger partial charge in [-0.3, -0.25) is 0 Å². The van der Waals surface area contributed by atoms with Crippen LogP contribution >= 0.6 is 11.6 Å². The van der Waals surface area contributed by atoms with E-state index in [4.69, 9.17) is 16.3 Å². The highest BCUT2D eigenvalue weighted by molar-refractivity contribution is 6.33. The van der Waals surface area contributed by atoms with Gasteiger partial charge in [0.15, 0.2) is 5.75 Å². The van der Waals surface area contributed by atoms with Crippen molar-refractivity contribution in [3.8, 4) is 16.9 Å². The van der Waals surface area contributed by atoms with Gasteiger partial charge in [-0.2, -0.15) is 0 Å². The molecule has 92 valence electrons. The Kier molecular flexibility index (Phi) is 3.11. The SMILES string of the molecule is Clc1cc(-c2ccccc2)cc2c1OCCCN2. The summed E-state index contributed by atoms with van der Waals surface area (Å²) in [5, 5.41) is 4.03. The van der Waals surface area contributed by atoms with Gasteiger partial charge in [-0.1, -0.05) is 41.9 Å². The zero-order chi connectivity index (χ0) is 12.4. The molecule has 0 saturated heterocycles. The number of benzene rings is 2. The van der Waals surface area contributed by atoms with Gasteiger partial charge in [0.2, 0.25) is 0 Å². The van der Waals surface area contributed by atoms with Crippen molar-refractivity contribution in [2.24, 2.45) is 0 Å². The molecule has 0 aliphatic carbocycles. The molecule has 0 spiro atoms. The zero-order valence-corrected chi connectivity index (χ0v) is 10.7. The van der Waals surface area contributed by atoms with Crippen molar-refractivity contribution >= 4 is 17.3 Å². The molecule has 0 bridgehead atoms. The van der Waals surface area contributed by atoms with E-state index in [1.54, 1.807) is 0 Å². The Labute approximate surface area is 112 Å².